The zero-order valence-electron chi connectivity index (χ0n) is 11.0. The molecule has 1 saturated heterocycles. The molecular formula is C17H16O3. The van der Waals surface area contributed by atoms with E-state index in [0.29, 0.717) is 11.5 Å². The maximum Gasteiger partial charge on any atom is 0.165 e. The van der Waals surface area contributed by atoms with E-state index >= 15 is 0 Å². The highest BCUT2D eigenvalue weighted by Gasteiger charge is 2.44. The quantitative estimate of drug-likeness (QED) is 0.775. The third-order valence-electron chi connectivity index (χ3n) is 4.44. The van der Waals surface area contributed by atoms with Crippen LogP contribution in [0.2, 0.25) is 0 Å². The van der Waals surface area contributed by atoms with Crippen molar-refractivity contribution in [1.82, 2.24) is 0 Å². The molecule has 3 nitrogen and oxygen atoms in total. The monoisotopic (exact) mass is 268 g/mol. The highest BCUT2D eigenvalue weighted by Crippen LogP contribution is 2.59. The molecule has 1 fully saturated rings. The summed E-state index contributed by atoms with van der Waals surface area (Å²) in [5.74, 6) is 0.319. The summed E-state index contributed by atoms with van der Waals surface area (Å²) < 4.78 is 5.71. The minimum Gasteiger partial charge on any atom is -0.504 e. The standard InChI is InChI=1S/C17H16O3/c18-15-12(10-5-2-1-3-6-10)9-13-11-7-4-8-20-17(11)14(13)16(15)19/h1-3,5-6,9,11,17-19H,4,7-8H2. The maximum atomic E-state index is 10.3. The van der Waals surface area contributed by atoms with Crippen LogP contribution in [-0.4, -0.2) is 16.8 Å². The zero-order valence-corrected chi connectivity index (χ0v) is 11.0. The molecule has 1 aliphatic heterocycles. The second-order valence-corrected chi connectivity index (χ2v) is 5.53. The molecule has 0 saturated carbocycles. The van der Waals surface area contributed by atoms with Gasteiger partial charge >= 0.3 is 0 Å². The van der Waals surface area contributed by atoms with Gasteiger partial charge in [0.1, 0.15) is 0 Å². The molecule has 20 heavy (non-hydrogen) atoms. The summed E-state index contributed by atoms with van der Waals surface area (Å²) >= 11 is 0. The third-order valence-corrected chi connectivity index (χ3v) is 4.44. The highest BCUT2D eigenvalue weighted by atomic mass is 16.5. The fraction of sp³-hybridized carbons (Fsp3) is 0.294. The first-order valence-electron chi connectivity index (χ1n) is 7.03. The minimum absolute atomic E-state index is 0.00972. The van der Waals surface area contributed by atoms with Crippen molar-refractivity contribution in [1.29, 1.82) is 0 Å². The van der Waals surface area contributed by atoms with Crippen LogP contribution in [-0.2, 0) is 4.74 Å². The summed E-state index contributed by atoms with van der Waals surface area (Å²) in [6, 6.07) is 11.7. The van der Waals surface area contributed by atoms with Gasteiger partial charge in [0.2, 0.25) is 0 Å². The van der Waals surface area contributed by atoms with Gasteiger partial charge in [0.05, 0.1) is 6.10 Å². The topological polar surface area (TPSA) is 49.7 Å². The number of aromatic hydroxyl groups is 2. The van der Waals surface area contributed by atoms with Crippen LogP contribution in [0, 0.1) is 0 Å². The second kappa shape index (κ2) is 4.25. The summed E-state index contributed by atoms with van der Waals surface area (Å²) in [5, 5.41) is 20.6. The second-order valence-electron chi connectivity index (χ2n) is 5.53. The largest absolute Gasteiger partial charge is 0.504 e. The van der Waals surface area contributed by atoms with Crippen molar-refractivity contribution in [2.45, 2.75) is 24.9 Å². The molecular weight excluding hydrogens is 252 g/mol. The molecule has 0 radical (unpaired) electrons. The van der Waals surface area contributed by atoms with Crippen molar-refractivity contribution in [3.8, 4) is 22.6 Å². The minimum atomic E-state index is -0.0393. The predicted molar refractivity (Wildman–Crippen MR) is 75.9 cm³/mol. The van der Waals surface area contributed by atoms with Gasteiger partial charge in [0, 0.05) is 23.7 Å². The number of phenolic OH excluding ortho intramolecular Hbond substituents is 2. The van der Waals surface area contributed by atoms with Gasteiger partial charge in [-0.15, -0.1) is 0 Å². The smallest absolute Gasteiger partial charge is 0.165 e. The van der Waals surface area contributed by atoms with E-state index in [1.165, 1.54) is 0 Å². The molecule has 3 heteroatoms. The van der Waals surface area contributed by atoms with Gasteiger partial charge in [0.15, 0.2) is 11.5 Å². The Balaban J connectivity index is 1.88. The van der Waals surface area contributed by atoms with Crippen LogP contribution in [0.1, 0.15) is 36.0 Å². The molecule has 1 aliphatic carbocycles. The Kier molecular flexibility index (Phi) is 2.51. The van der Waals surface area contributed by atoms with E-state index in [0.717, 1.165) is 36.1 Å². The summed E-state index contributed by atoms with van der Waals surface area (Å²) in [7, 11) is 0. The first-order chi connectivity index (χ1) is 9.77. The van der Waals surface area contributed by atoms with Crippen LogP contribution < -0.4 is 0 Å². The molecule has 2 unspecified atom stereocenters. The van der Waals surface area contributed by atoms with Gasteiger partial charge in [-0.05, 0) is 30.0 Å². The van der Waals surface area contributed by atoms with Crippen molar-refractivity contribution in [2.24, 2.45) is 0 Å². The molecule has 2 N–H and O–H groups in total. The lowest BCUT2D eigenvalue weighted by molar-refractivity contribution is -0.0239. The van der Waals surface area contributed by atoms with Crippen LogP contribution in [0.25, 0.3) is 11.1 Å². The van der Waals surface area contributed by atoms with Gasteiger partial charge in [-0.2, -0.15) is 0 Å². The average Bonchev–Trinajstić information content (AvgIpc) is 2.48. The van der Waals surface area contributed by atoms with Gasteiger partial charge in [-0.25, -0.2) is 0 Å². The molecule has 2 aliphatic rings. The number of phenols is 2. The van der Waals surface area contributed by atoms with E-state index in [-0.39, 0.29) is 17.6 Å². The normalized spacial score (nSPS) is 23.6. The van der Waals surface area contributed by atoms with E-state index in [1.807, 2.05) is 36.4 Å². The summed E-state index contributed by atoms with van der Waals surface area (Å²) in [6.45, 7) is 0.737. The van der Waals surface area contributed by atoms with E-state index in [4.69, 9.17) is 4.74 Å². The summed E-state index contributed by atoms with van der Waals surface area (Å²) in [5.41, 5.74) is 3.53. The number of hydrogen-bond acceptors (Lipinski definition) is 3. The first kappa shape index (κ1) is 11.8. The number of hydrogen-bond donors (Lipinski definition) is 2. The Morgan fingerprint density at radius 2 is 1.85 bits per heavy atom. The van der Waals surface area contributed by atoms with Crippen molar-refractivity contribution in [2.75, 3.05) is 6.61 Å². The maximum absolute atomic E-state index is 10.3. The lowest BCUT2D eigenvalue weighted by Gasteiger charge is -2.43. The molecule has 0 amide bonds. The molecule has 102 valence electrons. The molecule has 0 bridgehead atoms. The summed E-state index contributed by atoms with van der Waals surface area (Å²) in [4.78, 5) is 0. The van der Waals surface area contributed by atoms with Gasteiger partial charge in [0.25, 0.3) is 0 Å². The Hall–Kier alpha value is -2.00. The van der Waals surface area contributed by atoms with E-state index in [9.17, 15) is 10.2 Å². The van der Waals surface area contributed by atoms with Gasteiger partial charge in [-0.3, -0.25) is 0 Å². The predicted octanol–water partition coefficient (Wildman–Crippen LogP) is 3.71. The van der Waals surface area contributed by atoms with Gasteiger partial charge in [-0.1, -0.05) is 30.3 Å². The molecule has 0 aromatic heterocycles. The van der Waals surface area contributed by atoms with E-state index in [2.05, 4.69) is 0 Å². The zero-order chi connectivity index (χ0) is 13.7. The third kappa shape index (κ3) is 1.50. The van der Waals surface area contributed by atoms with Crippen molar-refractivity contribution in [3.63, 3.8) is 0 Å². The molecule has 2 atom stereocenters. The molecule has 1 heterocycles. The number of benzene rings is 2. The fourth-order valence-corrected chi connectivity index (χ4v) is 3.42. The van der Waals surface area contributed by atoms with Crippen LogP contribution in [0.3, 0.4) is 0 Å². The Morgan fingerprint density at radius 1 is 1.05 bits per heavy atom. The van der Waals surface area contributed by atoms with Crippen molar-refractivity contribution < 1.29 is 14.9 Å². The Labute approximate surface area is 117 Å². The highest BCUT2D eigenvalue weighted by molar-refractivity contribution is 5.77. The fourth-order valence-electron chi connectivity index (χ4n) is 3.42. The van der Waals surface area contributed by atoms with Crippen LogP contribution in [0.15, 0.2) is 36.4 Å². The lowest BCUT2D eigenvalue weighted by Crippen LogP contribution is -2.31. The number of rotatable bonds is 1. The molecule has 2 aromatic rings. The Bertz CT molecular complexity index is 664. The van der Waals surface area contributed by atoms with Crippen molar-refractivity contribution in [3.05, 3.63) is 47.5 Å². The summed E-state index contributed by atoms with van der Waals surface area (Å²) in [6.07, 6.45) is 2.12. The Morgan fingerprint density at radius 3 is 2.65 bits per heavy atom. The number of ether oxygens (including phenoxy) is 1. The van der Waals surface area contributed by atoms with Crippen LogP contribution in [0.4, 0.5) is 0 Å². The molecule has 0 spiro atoms. The first-order valence-corrected chi connectivity index (χ1v) is 7.03. The molecule has 4 rings (SSSR count). The van der Waals surface area contributed by atoms with E-state index < -0.39 is 0 Å². The number of fused-ring (bicyclic) bond motifs is 4. The SMILES string of the molecule is Oc1c(-c2ccccc2)cc2c(c1O)C1OCCCC21. The van der Waals surface area contributed by atoms with Gasteiger partial charge < -0.3 is 14.9 Å². The lowest BCUT2D eigenvalue weighted by atomic mass is 9.69. The van der Waals surface area contributed by atoms with E-state index in [1.54, 1.807) is 0 Å². The average molecular weight is 268 g/mol. The molecule has 2 aromatic carbocycles. The van der Waals surface area contributed by atoms with Crippen molar-refractivity contribution >= 4 is 0 Å². The van der Waals surface area contributed by atoms with Crippen LogP contribution in [0.5, 0.6) is 11.5 Å². The van der Waals surface area contributed by atoms with Crippen LogP contribution >= 0.6 is 0 Å².